The molecule has 0 aliphatic carbocycles. The van der Waals surface area contributed by atoms with Gasteiger partial charge in [0.1, 0.15) is 5.69 Å². The summed E-state index contributed by atoms with van der Waals surface area (Å²) in [5.74, 6) is 0. The SMILES string of the molecule is FC(F)(F)c1ccn[nH]1.c1ccc2ncccc2c1. The highest BCUT2D eigenvalue weighted by Gasteiger charge is 2.31. The molecule has 0 amide bonds. The monoisotopic (exact) mass is 265 g/mol. The number of aromatic nitrogens is 3. The van der Waals surface area contributed by atoms with Crippen LogP contribution in [0.5, 0.6) is 0 Å². The van der Waals surface area contributed by atoms with Gasteiger partial charge in [0, 0.05) is 17.8 Å². The maximum absolute atomic E-state index is 11.5. The van der Waals surface area contributed by atoms with Gasteiger partial charge in [-0.25, -0.2) is 0 Å². The van der Waals surface area contributed by atoms with E-state index in [1.165, 1.54) is 5.39 Å². The van der Waals surface area contributed by atoms with E-state index in [1.807, 2.05) is 30.5 Å². The Labute approximate surface area is 107 Å². The molecule has 19 heavy (non-hydrogen) atoms. The van der Waals surface area contributed by atoms with Gasteiger partial charge in [0.15, 0.2) is 0 Å². The third-order valence-corrected chi connectivity index (χ3v) is 2.32. The van der Waals surface area contributed by atoms with Gasteiger partial charge in [-0.05, 0) is 18.2 Å². The summed E-state index contributed by atoms with van der Waals surface area (Å²) in [4.78, 5) is 4.18. The van der Waals surface area contributed by atoms with Gasteiger partial charge in [-0.1, -0.05) is 24.3 Å². The molecule has 0 aliphatic heterocycles. The molecule has 98 valence electrons. The molecule has 0 fully saturated rings. The van der Waals surface area contributed by atoms with Gasteiger partial charge in [0.2, 0.25) is 0 Å². The van der Waals surface area contributed by atoms with Crippen molar-refractivity contribution in [2.24, 2.45) is 0 Å². The number of hydrogen-bond acceptors (Lipinski definition) is 2. The standard InChI is InChI=1S/C9H7N.C4H3F3N2/c1-2-6-9-8(4-1)5-3-7-10-9;5-4(6,7)3-1-2-8-9-3/h1-7H;1-2H,(H,8,9). The topological polar surface area (TPSA) is 41.6 Å². The molecule has 0 aliphatic rings. The summed E-state index contributed by atoms with van der Waals surface area (Å²) in [6.07, 6.45) is -1.43. The number of nitrogens with one attached hydrogen (secondary N) is 1. The molecule has 0 bridgehead atoms. The Morgan fingerprint density at radius 3 is 2.21 bits per heavy atom. The van der Waals surface area contributed by atoms with Crippen molar-refractivity contribution in [3.05, 3.63) is 60.6 Å². The minimum Gasteiger partial charge on any atom is -0.274 e. The lowest BCUT2D eigenvalue weighted by molar-refractivity contribution is -0.141. The molecule has 0 saturated carbocycles. The van der Waals surface area contributed by atoms with Gasteiger partial charge >= 0.3 is 6.18 Å². The van der Waals surface area contributed by atoms with E-state index in [4.69, 9.17) is 0 Å². The summed E-state index contributed by atoms with van der Waals surface area (Å²) in [6, 6.07) is 13.0. The van der Waals surface area contributed by atoms with Gasteiger partial charge in [0.25, 0.3) is 0 Å². The van der Waals surface area contributed by atoms with E-state index in [-0.39, 0.29) is 0 Å². The number of alkyl halides is 3. The molecule has 3 nitrogen and oxygen atoms in total. The lowest BCUT2D eigenvalue weighted by atomic mass is 10.2. The number of rotatable bonds is 0. The van der Waals surface area contributed by atoms with Crippen LogP contribution in [0.3, 0.4) is 0 Å². The quantitative estimate of drug-likeness (QED) is 0.674. The molecule has 0 atom stereocenters. The maximum Gasteiger partial charge on any atom is 0.432 e. The first-order chi connectivity index (χ1) is 9.07. The average Bonchev–Trinajstić information content (AvgIpc) is 2.93. The number of hydrogen-bond donors (Lipinski definition) is 1. The molecule has 6 heteroatoms. The number of benzene rings is 1. The van der Waals surface area contributed by atoms with Crippen molar-refractivity contribution in [1.82, 2.24) is 15.2 Å². The molecule has 3 aromatic rings. The van der Waals surface area contributed by atoms with Crippen molar-refractivity contribution in [2.75, 3.05) is 0 Å². The van der Waals surface area contributed by atoms with E-state index in [0.717, 1.165) is 17.8 Å². The van der Waals surface area contributed by atoms with Crippen molar-refractivity contribution in [2.45, 2.75) is 6.18 Å². The van der Waals surface area contributed by atoms with Gasteiger partial charge in [-0.15, -0.1) is 0 Å². The summed E-state index contributed by atoms with van der Waals surface area (Å²) in [5.41, 5.74) is 0.243. The van der Waals surface area contributed by atoms with Crippen molar-refractivity contribution in [3.8, 4) is 0 Å². The zero-order valence-electron chi connectivity index (χ0n) is 9.72. The van der Waals surface area contributed by atoms with Crippen LogP contribution < -0.4 is 0 Å². The Balaban J connectivity index is 0.000000141. The smallest absolute Gasteiger partial charge is 0.274 e. The first-order valence-corrected chi connectivity index (χ1v) is 5.44. The number of nitrogens with zero attached hydrogens (tertiary/aromatic N) is 2. The lowest BCUT2D eigenvalue weighted by Crippen LogP contribution is -2.04. The predicted molar refractivity (Wildman–Crippen MR) is 65.3 cm³/mol. The second-order valence-electron chi connectivity index (χ2n) is 3.66. The average molecular weight is 265 g/mol. The van der Waals surface area contributed by atoms with Gasteiger partial charge < -0.3 is 0 Å². The van der Waals surface area contributed by atoms with Crippen molar-refractivity contribution in [3.63, 3.8) is 0 Å². The van der Waals surface area contributed by atoms with Crippen LogP contribution in [0.1, 0.15) is 5.69 Å². The van der Waals surface area contributed by atoms with E-state index in [2.05, 4.69) is 22.2 Å². The Bertz CT molecular complexity index is 567. The Morgan fingerprint density at radius 2 is 1.63 bits per heavy atom. The summed E-state index contributed by atoms with van der Waals surface area (Å²) < 4.78 is 34.6. The largest absolute Gasteiger partial charge is 0.432 e. The molecule has 0 radical (unpaired) electrons. The van der Waals surface area contributed by atoms with Crippen molar-refractivity contribution >= 4 is 10.9 Å². The number of pyridine rings is 1. The number of aromatic amines is 1. The van der Waals surface area contributed by atoms with Crippen LogP contribution >= 0.6 is 0 Å². The first-order valence-electron chi connectivity index (χ1n) is 5.44. The molecule has 0 spiro atoms. The van der Waals surface area contributed by atoms with E-state index in [1.54, 1.807) is 5.10 Å². The van der Waals surface area contributed by atoms with Crippen molar-refractivity contribution < 1.29 is 13.2 Å². The van der Waals surface area contributed by atoms with Crippen LogP contribution in [-0.4, -0.2) is 15.2 Å². The number of fused-ring (bicyclic) bond motifs is 1. The minimum atomic E-state index is -4.30. The lowest BCUT2D eigenvalue weighted by Gasteiger charge is -1.99. The highest BCUT2D eigenvalue weighted by molar-refractivity contribution is 5.77. The molecule has 3 rings (SSSR count). The maximum atomic E-state index is 11.5. The Hall–Kier alpha value is -2.37. The first kappa shape index (κ1) is 13.1. The van der Waals surface area contributed by atoms with Crippen LogP contribution in [0.2, 0.25) is 0 Å². The van der Waals surface area contributed by atoms with Crippen LogP contribution in [0.25, 0.3) is 10.9 Å². The van der Waals surface area contributed by atoms with E-state index in [9.17, 15) is 13.2 Å². The Morgan fingerprint density at radius 1 is 0.895 bits per heavy atom. The third-order valence-electron chi connectivity index (χ3n) is 2.32. The number of halogens is 3. The summed E-state index contributed by atoms with van der Waals surface area (Å²) in [7, 11) is 0. The zero-order valence-corrected chi connectivity index (χ0v) is 9.72. The van der Waals surface area contributed by atoms with Crippen LogP contribution in [-0.2, 0) is 6.18 Å². The fourth-order valence-electron chi connectivity index (χ4n) is 1.43. The zero-order chi connectivity index (χ0) is 13.7. The van der Waals surface area contributed by atoms with Crippen LogP contribution in [0.4, 0.5) is 13.2 Å². The fraction of sp³-hybridized carbons (Fsp3) is 0.0769. The van der Waals surface area contributed by atoms with Gasteiger partial charge in [-0.3, -0.25) is 10.1 Å². The Kier molecular flexibility index (Phi) is 3.79. The summed E-state index contributed by atoms with van der Waals surface area (Å²) in [6.45, 7) is 0. The number of H-pyrrole nitrogens is 1. The second kappa shape index (κ2) is 5.51. The van der Waals surface area contributed by atoms with Crippen molar-refractivity contribution in [1.29, 1.82) is 0 Å². The fourth-order valence-corrected chi connectivity index (χ4v) is 1.43. The minimum absolute atomic E-state index is 0.817. The summed E-state index contributed by atoms with van der Waals surface area (Å²) in [5, 5.41) is 6.14. The molecular weight excluding hydrogens is 255 g/mol. The number of para-hydroxylation sites is 1. The molecule has 2 aromatic heterocycles. The van der Waals surface area contributed by atoms with Crippen LogP contribution in [0.15, 0.2) is 54.9 Å². The molecule has 0 saturated heterocycles. The molecule has 2 heterocycles. The highest BCUT2D eigenvalue weighted by atomic mass is 19.4. The summed E-state index contributed by atoms with van der Waals surface area (Å²) >= 11 is 0. The highest BCUT2D eigenvalue weighted by Crippen LogP contribution is 2.26. The molecule has 1 aromatic carbocycles. The van der Waals surface area contributed by atoms with E-state index < -0.39 is 11.9 Å². The normalized spacial score (nSPS) is 10.9. The third kappa shape index (κ3) is 3.54. The molecule has 0 unspecified atom stereocenters. The van der Waals surface area contributed by atoms with Gasteiger partial charge in [0.05, 0.1) is 5.52 Å². The molecular formula is C13H10F3N3. The molecule has 1 N–H and O–H groups in total. The van der Waals surface area contributed by atoms with Gasteiger partial charge in [-0.2, -0.15) is 18.3 Å². The predicted octanol–water partition coefficient (Wildman–Crippen LogP) is 3.66. The second-order valence-corrected chi connectivity index (χ2v) is 3.66. The van der Waals surface area contributed by atoms with E-state index in [0.29, 0.717) is 0 Å². The van der Waals surface area contributed by atoms with Crippen LogP contribution in [0, 0.1) is 0 Å². The van der Waals surface area contributed by atoms with E-state index >= 15 is 0 Å².